The Morgan fingerprint density at radius 1 is 2.00 bits per heavy atom. The van der Waals surface area contributed by atoms with Crippen molar-refractivity contribution in [3.63, 3.8) is 0 Å². The number of hydrogen-bond acceptors (Lipinski definition) is 2. The average Bonchev–Trinajstić information content (AvgIpc) is 1.87. The van der Waals surface area contributed by atoms with E-state index in [4.69, 9.17) is 11.6 Å². The third-order valence-corrected chi connectivity index (χ3v) is 0.981. The van der Waals surface area contributed by atoms with Gasteiger partial charge in [0, 0.05) is 6.42 Å². The normalized spacial score (nSPS) is 30.4. The van der Waals surface area contributed by atoms with Gasteiger partial charge in [-0.3, -0.25) is 4.79 Å². The van der Waals surface area contributed by atoms with Gasteiger partial charge in [-0.05, 0) is 0 Å². The van der Waals surface area contributed by atoms with Crippen molar-refractivity contribution in [2.24, 2.45) is 0 Å². The lowest BCUT2D eigenvalue weighted by molar-refractivity contribution is -0.136. The van der Waals surface area contributed by atoms with Crippen molar-refractivity contribution in [1.29, 1.82) is 0 Å². The molecule has 1 saturated heterocycles. The van der Waals surface area contributed by atoms with Gasteiger partial charge in [0.1, 0.15) is 0 Å². The lowest BCUT2D eigenvalue weighted by Gasteiger charge is -1.92. The number of cyclic esters (lactones) is 1. The van der Waals surface area contributed by atoms with Crippen molar-refractivity contribution in [2.45, 2.75) is 12.0 Å². The highest BCUT2D eigenvalue weighted by atomic mass is 35.5. The maximum Gasteiger partial charge on any atom is 0.311 e. The van der Waals surface area contributed by atoms with Gasteiger partial charge in [0.15, 0.2) is 5.56 Å². The summed E-state index contributed by atoms with van der Waals surface area (Å²) < 4.78 is 4.43. The van der Waals surface area contributed by atoms with Gasteiger partial charge in [0.2, 0.25) is 0 Å². The van der Waals surface area contributed by atoms with Crippen LogP contribution in [0.4, 0.5) is 0 Å². The summed E-state index contributed by atoms with van der Waals surface area (Å²) in [5.41, 5.74) is -0.410. The zero-order valence-electron chi connectivity index (χ0n) is 3.56. The summed E-state index contributed by atoms with van der Waals surface area (Å²) in [6, 6.07) is 0. The molecule has 1 atom stereocenters. The average molecular weight is 120 g/mol. The van der Waals surface area contributed by atoms with Crippen molar-refractivity contribution < 1.29 is 9.53 Å². The molecule has 0 aromatic carbocycles. The van der Waals surface area contributed by atoms with E-state index in [1.807, 2.05) is 0 Å². The molecule has 3 heteroatoms. The predicted octanol–water partition coefficient (Wildman–Crippen LogP) is 0.702. The summed E-state index contributed by atoms with van der Waals surface area (Å²) >= 11 is 5.33. The van der Waals surface area contributed by atoms with Gasteiger partial charge in [-0.1, -0.05) is 11.6 Å². The number of alkyl halides is 1. The Bertz CT molecular complexity index is 91.7. The van der Waals surface area contributed by atoms with E-state index in [1.165, 1.54) is 6.42 Å². The molecule has 1 fully saturated rings. The van der Waals surface area contributed by atoms with Crippen LogP contribution in [0.25, 0.3) is 0 Å². The number of esters is 1. The molecular weight excluding hydrogens is 115 g/mol. The minimum absolute atomic E-state index is 0.306. The Labute approximate surface area is 46.4 Å². The van der Waals surface area contributed by atoms with Gasteiger partial charge in [-0.15, -0.1) is 0 Å². The molecular formula is C4H4ClO2. The largest absolute Gasteiger partial charge is 0.446 e. The van der Waals surface area contributed by atoms with E-state index in [9.17, 15) is 4.79 Å². The van der Waals surface area contributed by atoms with Crippen molar-refractivity contribution in [3.05, 3.63) is 6.42 Å². The second-order valence-corrected chi connectivity index (χ2v) is 1.77. The Kier molecular flexibility index (Phi) is 1.19. The van der Waals surface area contributed by atoms with Gasteiger partial charge in [0.05, 0.1) is 6.42 Å². The standard InChI is InChI=1S/C4H4ClO2/c5-3-1-2-4(6)7-3/h2-3H,1H2. The van der Waals surface area contributed by atoms with Gasteiger partial charge >= 0.3 is 5.97 Å². The topological polar surface area (TPSA) is 26.3 Å². The van der Waals surface area contributed by atoms with Crippen molar-refractivity contribution >= 4 is 17.6 Å². The second-order valence-electron chi connectivity index (χ2n) is 1.29. The lowest BCUT2D eigenvalue weighted by Crippen LogP contribution is -1.95. The first-order chi connectivity index (χ1) is 3.29. The maximum atomic E-state index is 10.1. The highest BCUT2D eigenvalue weighted by Gasteiger charge is 2.20. The minimum Gasteiger partial charge on any atom is -0.446 e. The number of rotatable bonds is 0. The lowest BCUT2D eigenvalue weighted by atomic mass is 10.4. The molecule has 0 aliphatic carbocycles. The summed E-state index contributed by atoms with van der Waals surface area (Å²) in [5.74, 6) is -0.306. The summed E-state index contributed by atoms with van der Waals surface area (Å²) in [5, 5.41) is 0. The zero-order chi connectivity index (χ0) is 5.28. The van der Waals surface area contributed by atoms with E-state index in [2.05, 4.69) is 4.74 Å². The van der Waals surface area contributed by atoms with Crippen LogP contribution in [-0.4, -0.2) is 11.5 Å². The van der Waals surface area contributed by atoms with Crippen molar-refractivity contribution in [1.82, 2.24) is 0 Å². The maximum absolute atomic E-state index is 10.1. The highest BCUT2D eigenvalue weighted by Crippen LogP contribution is 2.14. The van der Waals surface area contributed by atoms with Crippen LogP contribution in [0, 0.1) is 6.42 Å². The third-order valence-electron chi connectivity index (χ3n) is 0.714. The van der Waals surface area contributed by atoms with Crippen LogP contribution in [-0.2, 0) is 9.53 Å². The van der Waals surface area contributed by atoms with Crippen LogP contribution < -0.4 is 0 Å². The molecule has 0 bridgehead atoms. The Hall–Kier alpha value is -0.240. The van der Waals surface area contributed by atoms with Crippen LogP contribution in [0.3, 0.4) is 0 Å². The first kappa shape index (κ1) is 4.91. The van der Waals surface area contributed by atoms with E-state index in [0.29, 0.717) is 6.42 Å². The summed E-state index contributed by atoms with van der Waals surface area (Å²) in [4.78, 5) is 10.1. The molecule has 0 spiro atoms. The fourth-order valence-corrected chi connectivity index (χ4v) is 0.588. The first-order valence-corrected chi connectivity index (χ1v) is 2.40. The van der Waals surface area contributed by atoms with Gasteiger partial charge in [-0.25, -0.2) is 0 Å². The fourth-order valence-electron chi connectivity index (χ4n) is 0.411. The molecule has 0 amide bonds. The minimum atomic E-state index is -0.410. The molecule has 0 saturated carbocycles. The van der Waals surface area contributed by atoms with Crippen LogP contribution in [0.5, 0.6) is 0 Å². The SMILES string of the molecule is O=C1[CH]CC(Cl)O1. The Morgan fingerprint density at radius 3 is 2.86 bits per heavy atom. The Morgan fingerprint density at radius 2 is 2.71 bits per heavy atom. The summed E-state index contributed by atoms with van der Waals surface area (Å²) in [7, 11) is 0. The van der Waals surface area contributed by atoms with E-state index >= 15 is 0 Å². The molecule has 1 aliphatic heterocycles. The monoisotopic (exact) mass is 119 g/mol. The zero-order valence-corrected chi connectivity index (χ0v) is 4.31. The molecule has 1 radical (unpaired) electrons. The van der Waals surface area contributed by atoms with E-state index in [1.54, 1.807) is 0 Å². The van der Waals surface area contributed by atoms with E-state index in [-0.39, 0.29) is 5.97 Å². The van der Waals surface area contributed by atoms with E-state index < -0.39 is 5.56 Å². The van der Waals surface area contributed by atoms with Crippen LogP contribution in [0.1, 0.15) is 6.42 Å². The van der Waals surface area contributed by atoms with Crippen molar-refractivity contribution in [3.8, 4) is 0 Å². The molecule has 0 aromatic rings. The first-order valence-electron chi connectivity index (χ1n) is 1.97. The Balaban J connectivity index is 2.40. The van der Waals surface area contributed by atoms with E-state index in [0.717, 1.165) is 0 Å². The molecule has 1 rings (SSSR count). The molecule has 1 aliphatic rings. The molecule has 7 heavy (non-hydrogen) atoms. The fraction of sp³-hybridized carbons (Fsp3) is 0.500. The van der Waals surface area contributed by atoms with Crippen molar-refractivity contribution in [2.75, 3.05) is 0 Å². The molecule has 39 valence electrons. The number of halogens is 1. The molecule has 0 N–H and O–H groups in total. The predicted molar refractivity (Wildman–Crippen MR) is 24.6 cm³/mol. The van der Waals surface area contributed by atoms with Gasteiger partial charge in [-0.2, -0.15) is 0 Å². The summed E-state index contributed by atoms with van der Waals surface area (Å²) in [6.07, 6.45) is 1.97. The highest BCUT2D eigenvalue weighted by molar-refractivity contribution is 6.21. The second kappa shape index (κ2) is 1.70. The van der Waals surface area contributed by atoms with Crippen LogP contribution in [0.15, 0.2) is 0 Å². The van der Waals surface area contributed by atoms with Crippen LogP contribution in [0.2, 0.25) is 0 Å². The number of hydrogen-bond donors (Lipinski definition) is 0. The molecule has 0 aromatic heterocycles. The molecule has 1 unspecified atom stereocenters. The third kappa shape index (κ3) is 1.06. The van der Waals surface area contributed by atoms with Crippen LogP contribution >= 0.6 is 11.6 Å². The smallest absolute Gasteiger partial charge is 0.311 e. The number of ether oxygens (including phenoxy) is 1. The van der Waals surface area contributed by atoms with Gasteiger partial charge < -0.3 is 4.74 Å². The quantitative estimate of drug-likeness (QED) is 0.347. The molecule has 1 heterocycles. The van der Waals surface area contributed by atoms with Gasteiger partial charge in [0.25, 0.3) is 0 Å². The number of carbonyl (C=O) groups excluding carboxylic acids is 1. The molecule has 2 nitrogen and oxygen atoms in total. The number of carbonyl (C=O) groups is 1. The summed E-state index contributed by atoms with van der Waals surface area (Å²) in [6.45, 7) is 0.